The van der Waals surface area contributed by atoms with Crippen molar-refractivity contribution in [3.63, 3.8) is 0 Å². The minimum absolute atomic E-state index is 0.247. The van der Waals surface area contributed by atoms with Gasteiger partial charge >= 0.3 is 0 Å². The Hall–Kier alpha value is -1.96. The molecule has 8 heteroatoms. The van der Waals surface area contributed by atoms with Crippen LogP contribution in [0, 0.1) is 11.6 Å². The Balaban J connectivity index is 2.87. The maximum atomic E-state index is 13.4. The first-order valence-electron chi connectivity index (χ1n) is 5.36. The quantitative estimate of drug-likeness (QED) is 0.458. The van der Waals surface area contributed by atoms with Gasteiger partial charge in [0.15, 0.2) is 23.3 Å². The van der Waals surface area contributed by atoms with Crippen LogP contribution >= 0.6 is 0 Å². The molecule has 1 rings (SSSR count). The number of carbonyl (C=O) groups excluding carboxylic acids is 1. The molecule has 0 saturated carbocycles. The van der Waals surface area contributed by atoms with Crippen LogP contribution in [0.25, 0.3) is 0 Å². The third kappa shape index (κ3) is 3.27. The Morgan fingerprint density at radius 1 is 1.44 bits per heavy atom. The van der Waals surface area contributed by atoms with Gasteiger partial charge in [-0.3, -0.25) is 4.79 Å². The number of hydrogen-bond acceptors (Lipinski definition) is 5. The topological polar surface area (TPSA) is 92.1 Å². The van der Waals surface area contributed by atoms with Gasteiger partial charge in [-0.25, -0.2) is 19.6 Å². The average molecular weight is 259 g/mol. The Morgan fingerprint density at radius 2 is 2.06 bits per heavy atom. The van der Waals surface area contributed by atoms with Gasteiger partial charge in [0.25, 0.3) is 0 Å². The number of nitrogens with one attached hydrogen (secondary N) is 3. The van der Waals surface area contributed by atoms with Crippen LogP contribution < -0.4 is 21.9 Å². The van der Waals surface area contributed by atoms with Crippen molar-refractivity contribution in [3.05, 3.63) is 17.7 Å². The van der Waals surface area contributed by atoms with Crippen LogP contribution in [-0.2, 0) is 4.79 Å². The molecule has 0 aliphatic carbocycles. The third-order valence-corrected chi connectivity index (χ3v) is 2.16. The maximum absolute atomic E-state index is 13.4. The van der Waals surface area contributed by atoms with Crippen molar-refractivity contribution in [2.45, 2.75) is 19.9 Å². The first-order valence-corrected chi connectivity index (χ1v) is 5.36. The lowest BCUT2D eigenvalue weighted by Gasteiger charge is -2.15. The second-order valence-electron chi connectivity index (χ2n) is 3.55. The predicted molar refractivity (Wildman–Crippen MR) is 63.7 cm³/mol. The van der Waals surface area contributed by atoms with Crippen molar-refractivity contribution in [2.24, 2.45) is 5.84 Å². The molecule has 6 nitrogen and oxygen atoms in total. The highest BCUT2D eigenvalue weighted by Crippen LogP contribution is 2.18. The van der Waals surface area contributed by atoms with Crippen molar-refractivity contribution in [1.29, 1.82) is 0 Å². The summed E-state index contributed by atoms with van der Waals surface area (Å²) in [5.41, 5.74) is 2.00. The molecule has 100 valence electrons. The molecule has 1 unspecified atom stereocenters. The number of nitrogen functional groups attached to an aromatic ring is 1. The zero-order chi connectivity index (χ0) is 13.7. The minimum atomic E-state index is -0.911. The fraction of sp³-hybridized carbons (Fsp3) is 0.400. The number of hydrogen-bond donors (Lipinski definition) is 4. The van der Waals surface area contributed by atoms with E-state index in [0.717, 1.165) is 0 Å². The molecule has 18 heavy (non-hydrogen) atoms. The lowest BCUT2D eigenvalue weighted by atomic mass is 10.3. The second-order valence-corrected chi connectivity index (χ2v) is 3.55. The molecule has 0 aromatic carbocycles. The molecule has 1 atom stereocenters. The lowest BCUT2D eigenvalue weighted by Crippen LogP contribution is -2.37. The summed E-state index contributed by atoms with van der Waals surface area (Å²) in [5, 5.41) is 5.10. The first-order chi connectivity index (χ1) is 8.49. The van der Waals surface area contributed by atoms with Gasteiger partial charge in [-0.05, 0) is 13.8 Å². The number of halogens is 2. The number of anilines is 2. The molecule has 0 saturated heterocycles. The van der Waals surface area contributed by atoms with Crippen LogP contribution in [0.2, 0.25) is 0 Å². The molecule has 0 spiro atoms. The zero-order valence-corrected chi connectivity index (χ0v) is 10.1. The number of nitrogens with two attached hydrogens (primary N) is 1. The van der Waals surface area contributed by atoms with Gasteiger partial charge in [-0.15, -0.1) is 0 Å². The van der Waals surface area contributed by atoms with Crippen molar-refractivity contribution in [1.82, 2.24) is 10.3 Å². The summed E-state index contributed by atoms with van der Waals surface area (Å²) in [4.78, 5) is 15.0. The van der Waals surface area contributed by atoms with E-state index in [1.807, 2.05) is 5.43 Å². The van der Waals surface area contributed by atoms with Gasteiger partial charge in [0.1, 0.15) is 6.04 Å². The van der Waals surface area contributed by atoms with E-state index in [1.54, 1.807) is 6.92 Å². The molecule has 1 aromatic heterocycles. The number of nitrogens with zero attached hydrogens (tertiary/aromatic N) is 1. The summed E-state index contributed by atoms with van der Waals surface area (Å²) in [6.07, 6.45) is 0. The summed E-state index contributed by atoms with van der Waals surface area (Å²) in [7, 11) is 0. The van der Waals surface area contributed by atoms with E-state index >= 15 is 0 Å². The molecule has 1 heterocycles. The fourth-order valence-corrected chi connectivity index (χ4v) is 1.27. The van der Waals surface area contributed by atoms with Crippen molar-refractivity contribution in [3.8, 4) is 0 Å². The summed E-state index contributed by atoms with van der Waals surface area (Å²) >= 11 is 0. The molecular weight excluding hydrogens is 244 g/mol. The highest BCUT2D eigenvalue weighted by molar-refractivity contribution is 5.83. The van der Waals surface area contributed by atoms with Gasteiger partial charge in [-0.2, -0.15) is 0 Å². The monoisotopic (exact) mass is 259 g/mol. The van der Waals surface area contributed by atoms with Crippen LogP contribution in [0.4, 0.5) is 20.4 Å². The summed E-state index contributed by atoms with van der Waals surface area (Å²) < 4.78 is 26.5. The van der Waals surface area contributed by atoms with Gasteiger partial charge in [0.05, 0.1) is 0 Å². The number of carbonyl (C=O) groups is 1. The largest absolute Gasteiger partial charge is 0.356 e. The number of amides is 1. The van der Waals surface area contributed by atoms with E-state index in [1.165, 1.54) is 6.92 Å². The summed E-state index contributed by atoms with van der Waals surface area (Å²) in [6.45, 7) is 3.75. The zero-order valence-electron chi connectivity index (χ0n) is 10.1. The lowest BCUT2D eigenvalue weighted by molar-refractivity contribution is -0.121. The molecule has 0 fully saturated rings. The highest BCUT2D eigenvalue weighted by atomic mass is 19.1. The van der Waals surface area contributed by atoms with Crippen LogP contribution in [0.1, 0.15) is 13.8 Å². The number of rotatable bonds is 5. The number of pyridine rings is 1. The van der Waals surface area contributed by atoms with E-state index in [-0.39, 0.29) is 17.5 Å². The van der Waals surface area contributed by atoms with Gasteiger partial charge in [0.2, 0.25) is 5.91 Å². The smallest absolute Gasteiger partial charge is 0.242 e. The Morgan fingerprint density at radius 3 is 2.61 bits per heavy atom. The standard InChI is InChI=1S/C10H15F2N5O/c1-3-14-10(18)5(2)15-8-6(11)4-7(12)9(16-8)17-13/h4-5H,3,13H2,1-2H3,(H,14,18)(H2,15,16,17). The normalized spacial score (nSPS) is 11.8. The van der Waals surface area contributed by atoms with Crippen molar-refractivity contribution >= 4 is 17.5 Å². The highest BCUT2D eigenvalue weighted by Gasteiger charge is 2.16. The van der Waals surface area contributed by atoms with E-state index < -0.39 is 17.7 Å². The van der Waals surface area contributed by atoms with Gasteiger partial charge in [0, 0.05) is 12.6 Å². The first kappa shape index (κ1) is 14.1. The van der Waals surface area contributed by atoms with Crippen LogP contribution in [0.5, 0.6) is 0 Å². The van der Waals surface area contributed by atoms with E-state index in [4.69, 9.17) is 5.84 Å². The number of aromatic nitrogens is 1. The maximum Gasteiger partial charge on any atom is 0.242 e. The molecule has 0 aliphatic heterocycles. The average Bonchev–Trinajstić information content (AvgIpc) is 2.32. The Labute approximate surface area is 103 Å². The van der Waals surface area contributed by atoms with Gasteiger partial charge in [-0.1, -0.05) is 0 Å². The SMILES string of the molecule is CCNC(=O)C(C)Nc1nc(NN)c(F)cc1F. The van der Waals surface area contributed by atoms with Gasteiger partial charge < -0.3 is 16.1 Å². The fourth-order valence-electron chi connectivity index (χ4n) is 1.27. The Bertz CT molecular complexity index is 441. The van der Waals surface area contributed by atoms with Crippen LogP contribution in [-0.4, -0.2) is 23.5 Å². The van der Waals surface area contributed by atoms with Crippen molar-refractivity contribution in [2.75, 3.05) is 17.3 Å². The molecule has 0 radical (unpaired) electrons. The minimum Gasteiger partial charge on any atom is -0.356 e. The Kier molecular flexibility index (Phi) is 4.78. The van der Waals surface area contributed by atoms with E-state index in [9.17, 15) is 13.6 Å². The molecule has 0 bridgehead atoms. The molecule has 5 N–H and O–H groups in total. The number of likely N-dealkylation sites (N-methyl/N-ethyl adjacent to an activating group) is 1. The molecule has 1 aromatic rings. The molecule has 0 aliphatic rings. The van der Waals surface area contributed by atoms with Crippen molar-refractivity contribution < 1.29 is 13.6 Å². The second kappa shape index (κ2) is 6.10. The van der Waals surface area contributed by atoms with Crippen LogP contribution in [0.3, 0.4) is 0 Å². The van der Waals surface area contributed by atoms with E-state index in [0.29, 0.717) is 12.6 Å². The third-order valence-electron chi connectivity index (χ3n) is 2.16. The number of hydrazine groups is 1. The van der Waals surface area contributed by atoms with Crippen LogP contribution in [0.15, 0.2) is 6.07 Å². The van der Waals surface area contributed by atoms with E-state index in [2.05, 4.69) is 15.6 Å². The summed E-state index contributed by atoms with van der Waals surface area (Å²) in [5.74, 6) is 2.35. The summed E-state index contributed by atoms with van der Waals surface area (Å²) in [6, 6.07) is -0.0716. The molecular formula is C10H15F2N5O. The molecule has 1 amide bonds. The predicted octanol–water partition coefficient (Wildman–Crippen LogP) is 0.582.